The number of hydrogen-bond acceptors (Lipinski definition) is 3. The Labute approximate surface area is 139 Å². The molecule has 0 N–H and O–H groups in total. The fraction of sp³-hybridized carbons (Fsp3) is 0.188. The van der Waals surface area contributed by atoms with Gasteiger partial charge in [0.1, 0.15) is 17.1 Å². The van der Waals surface area contributed by atoms with Crippen LogP contribution in [0, 0.1) is 0 Å². The predicted molar refractivity (Wildman–Crippen MR) is 91.2 cm³/mol. The molecule has 5 heteroatoms. The van der Waals surface area contributed by atoms with Crippen molar-refractivity contribution in [1.29, 1.82) is 0 Å². The van der Waals surface area contributed by atoms with E-state index in [2.05, 4.69) is 15.9 Å². The third-order valence-corrected chi connectivity index (χ3v) is 4.99. The van der Waals surface area contributed by atoms with Crippen LogP contribution in [0.25, 0.3) is 21.4 Å². The van der Waals surface area contributed by atoms with Crippen LogP contribution in [-0.2, 0) is 11.2 Å². The van der Waals surface area contributed by atoms with Crippen LogP contribution in [0.2, 0.25) is 4.34 Å². The van der Waals surface area contributed by atoms with Gasteiger partial charge in [-0.1, -0.05) is 27.5 Å². The molecule has 0 bridgehead atoms. The first-order chi connectivity index (χ1) is 10.0. The Morgan fingerprint density at radius 2 is 2.14 bits per heavy atom. The van der Waals surface area contributed by atoms with E-state index < -0.39 is 0 Å². The quantitative estimate of drug-likeness (QED) is 0.545. The van der Waals surface area contributed by atoms with Gasteiger partial charge < -0.3 is 9.21 Å². The van der Waals surface area contributed by atoms with E-state index in [0.717, 1.165) is 36.0 Å². The number of halogens is 2. The number of benzene rings is 1. The fourth-order valence-corrected chi connectivity index (χ4v) is 3.79. The van der Waals surface area contributed by atoms with Crippen LogP contribution in [0.3, 0.4) is 0 Å². The van der Waals surface area contributed by atoms with Crippen LogP contribution in [0.15, 0.2) is 39.2 Å². The van der Waals surface area contributed by atoms with E-state index in [9.17, 15) is 4.79 Å². The Morgan fingerprint density at radius 3 is 2.81 bits per heavy atom. The fourth-order valence-electron chi connectivity index (χ4n) is 2.30. The largest absolute Gasteiger partial charge is 0.460 e. The van der Waals surface area contributed by atoms with Gasteiger partial charge in [-0.2, -0.15) is 0 Å². The molecule has 0 aliphatic rings. The minimum atomic E-state index is 0.159. The molecule has 108 valence electrons. The van der Waals surface area contributed by atoms with Crippen molar-refractivity contribution in [3.05, 3.63) is 44.9 Å². The zero-order chi connectivity index (χ0) is 15.0. The summed E-state index contributed by atoms with van der Waals surface area (Å²) < 4.78 is 7.70. The Balaban J connectivity index is 2.18. The van der Waals surface area contributed by atoms with Crippen molar-refractivity contribution in [3.8, 4) is 10.4 Å². The highest BCUT2D eigenvalue weighted by atomic mass is 79.9. The van der Waals surface area contributed by atoms with Gasteiger partial charge in [-0.15, -0.1) is 11.3 Å². The molecule has 0 aliphatic heterocycles. The first-order valence-electron chi connectivity index (χ1n) is 6.50. The van der Waals surface area contributed by atoms with Crippen LogP contribution in [-0.4, -0.2) is 5.78 Å². The van der Waals surface area contributed by atoms with Gasteiger partial charge in [0.25, 0.3) is 0 Å². The zero-order valence-electron chi connectivity index (χ0n) is 11.3. The molecule has 0 aliphatic carbocycles. The lowest BCUT2D eigenvalue weighted by molar-refractivity contribution is -0.117. The predicted octanol–water partition coefficient (Wildman–Crippen LogP) is 6.10. The minimum Gasteiger partial charge on any atom is -0.460 e. The standard InChI is InChI=1S/C16H12BrClO2S/c1-9(19)2-4-13-16(14-6-7-15(18)21-14)11-8-10(17)3-5-12(11)20-13/h3,5-8H,2,4H2,1H3. The van der Waals surface area contributed by atoms with Crippen molar-refractivity contribution in [2.24, 2.45) is 0 Å². The van der Waals surface area contributed by atoms with Gasteiger partial charge in [0.15, 0.2) is 0 Å². The van der Waals surface area contributed by atoms with Gasteiger partial charge in [-0.3, -0.25) is 0 Å². The van der Waals surface area contributed by atoms with E-state index in [0.29, 0.717) is 12.8 Å². The summed E-state index contributed by atoms with van der Waals surface area (Å²) in [6.07, 6.45) is 1.08. The van der Waals surface area contributed by atoms with Crippen molar-refractivity contribution < 1.29 is 9.21 Å². The molecule has 0 spiro atoms. The van der Waals surface area contributed by atoms with Gasteiger partial charge in [-0.05, 0) is 37.3 Å². The Hall–Kier alpha value is -1.10. The highest BCUT2D eigenvalue weighted by molar-refractivity contribution is 9.10. The Morgan fingerprint density at radius 1 is 1.33 bits per heavy atom. The number of fused-ring (bicyclic) bond motifs is 1. The molecule has 0 amide bonds. The summed E-state index contributed by atoms with van der Waals surface area (Å²) in [5, 5.41) is 1.04. The van der Waals surface area contributed by atoms with Gasteiger partial charge in [0.2, 0.25) is 0 Å². The molecule has 2 heterocycles. The maximum atomic E-state index is 11.3. The van der Waals surface area contributed by atoms with Crippen LogP contribution < -0.4 is 0 Å². The first kappa shape index (κ1) is 14.8. The van der Waals surface area contributed by atoms with E-state index in [-0.39, 0.29) is 5.78 Å². The average Bonchev–Trinajstić information content (AvgIpc) is 2.99. The molecule has 0 saturated carbocycles. The summed E-state index contributed by atoms with van der Waals surface area (Å²) in [5.41, 5.74) is 1.88. The Bertz CT molecular complexity index is 819. The maximum absolute atomic E-state index is 11.3. The van der Waals surface area contributed by atoms with E-state index in [4.69, 9.17) is 16.0 Å². The van der Waals surface area contributed by atoms with Crippen molar-refractivity contribution in [2.45, 2.75) is 19.8 Å². The molecular weight excluding hydrogens is 372 g/mol. The molecule has 0 atom stereocenters. The third-order valence-electron chi connectivity index (χ3n) is 3.25. The number of furan rings is 1. The van der Waals surface area contributed by atoms with Gasteiger partial charge in [0, 0.05) is 33.1 Å². The molecule has 0 saturated heterocycles. The second-order valence-corrected chi connectivity index (χ2v) is 7.48. The molecule has 2 nitrogen and oxygen atoms in total. The highest BCUT2D eigenvalue weighted by Crippen LogP contribution is 2.41. The number of aryl methyl sites for hydroxylation is 1. The zero-order valence-corrected chi connectivity index (χ0v) is 14.4. The summed E-state index contributed by atoms with van der Waals surface area (Å²) in [5.74, 6) is 1.00. The summed E-state index contributed by atoms with van der Waals surface area (Å²) in [6, 6.07) is 9.81. The number of carbonyl (C=O) groups excluding carboxylic acids is 1. The highest BCUT2D eigenvalue weighted by Gasteiger charge is 2.18. The van der Waals surface area contributed by atoms with Crippen molar-refractivity contribution in [1.82, 2.24) is 0 Å². The molecule has 1 aromatic carbocycles. The number of rotatable bonds is 4. The third kappa shape index (κ3) is 3.07. The topological polar surface area (TPSA) is 30.2 Å². The number of ketones is 1. The van der Waals surface area contributed by atoms with E-state index in [1.165, 1.54) is 11.3 Å². The molecule has 3 aromatic rings. The molecule has 0 unspecified atom stereocenters. The van der Waals surface area contributed by atoms with Crippen molar-refractivity contribution >= 4 is 55.6 Å². The number of Topliss-reactive ketones (excluding diaryl/α,β-unsaturated/α-hetero) is 1. The molecular formula is C16H12BrClO2S. The lowest BCUT2D eigenvalue weighted by Gasteiger charge is -2.00. The average molecular weight is 384 g/mol. The van der Waals surface area contributed by atoms with Crippen LogP contribution in [0.4, 0.5) is 0 Å². The van der Waals surface area contributed by atoms with E-state index in [1.807, 2.05) is 30.3 Å². The Kier molecular flexibility index (Phi) is 4.20. The maximum Gasteiger partial charge on any atom is 0.135 e. The summed E-state index contributed by atoms with van der Waals surface area (Å²) in [6.45, 7) is 1.60. The van der Waals surface area contributed by atoms with Gasteiger partial charge >= 0.3 is 0 Å². The SMILES string of the molecule is CC(=O)CCc1oc2ccc(Br)cc2c1-c1ccc(Cl)s1. The van der Waals surface area contributed by atoms with Crippen LogP contribution in [0.5, 0.6) is 0 Å². The van der Waals surface area contributed by atoms with E-state index >= 15 is 0 Å². The molecule has 2 aromatic heterocycles. The monoisotopic (exact) mass is 382 g/mol. The van der Waals surface area contributed by atoms with Gasteiger partial charge in [-0.25, -0.2) is 0 Å². The number of carbonyl (C=O) groups is 1. The molecule has 0 fully saturated rings. The normalized spacial score (nSPS) is 11.2. The van der Waals surface area contributed by atoms with E-state index in [1.54, 1.807) is 6.92 Å². The second-order valence-electron chi connectivity index (χ2n) is 4.85. The van der Waals surface area contributed by atoms with Crippen molar-refractivity contribution in [2.75, 3.05) is 0 Å². The molecule has 3 rings (SSSR count). The molecule has 0 radical (unpaired) electrons. The molecule has 21 heavy (non-hydrogen) atoms. The van der Waals surface area contributed by atoms with Crippen LogP contribution >= 0.6 is 38.9 Å². The van der Waals surface area contributed by atoms with Gasteiger partial charge in [0.05, 0.1) is 4.34 Å². The smallest absolute Gasteiger partial charge is 0.135 e. The minimum absolute atomic E-state index is 0.159. The first-order valence-corrected chi connectivity index (χ1v) is 8.49. The van der Waals surface area contributed by atoms with Crippen molar-refractivity contribution in [3.63, 3.8) is 0 Å². The summed E-state index contributed by atoms with van der Waals surface area (Å²) >= 11 is 11.1. The number of hydrogen-bond donors (Lipinski definition) is 0. The summed E-state index contributed by atoms with van der Waals surface area (Å²) in [4.78, 5) is 12.3. The lowest BCUT2D eigenvalue weighted by Crippen LogP contribution is -1.93. The summed E-state index contributed by atoms with van der Waals surface area (Å²) in [7, 11) is 0. The number of thiophene rings is 1. The van der Waals surface area contributed by atoms with Crippen LogP contribution in [0.1, 0.15) is 19.1 Å². The second kappa shape index (κ2) is 5.95. The lowest BCUT2D eigenvalue weighted by atomic mass is 10.1.